The van der Waals surface area contributed by atoms with Gasteiger partial charge in [0.05, 0.1) is 0 Å². The molecule has 0 fully saturated rings. The molecule has 0 aliphatic heterocycles. The molecule has 0 saturated carbocycles. The lowest BCUT2D eigenvalue weighted by molar-refractivity contribution is 0.582. The van der Waals surface area contributed by atoms with Crippen molar-refractivity contribution in [3.05, 3.63) is 34.1 Å². The zero-order valence-electron chi connectivity index (χ0n) is 7.77. The summed E-state index contributed by atoms with van der Waals surface area (Å²) in [5, 5.41) is 0.564. The van der Waals surface area contributed by atoms with E-state index in [9.17, 15) is 4.39 Å². The molecule has 0 heterocycles. The SMILES string of the molecule is Cc1cc(Cl)cc(C(C)CN)c1F. The van der Waals surface area contributed by atoms with Gasteiger partial charge in [0.2, 0.25) is 0 Å². The maximum Gasteiger partial charge on any atom is 0.129 e. The third kappa shape index (κ3) is 2.20. The van der Waals surface area contributed by atoms with E-state index in [1.54, 1.807) is 19.1 Å². The lowest BCUT2D eigenvalue weighted by atomic mass is 9.99. The van der Waals surface area contributed by atoms with E-state index in [4.69, 9.17) is 17.3 Å². The Bertz CT molecular complexity index is 312. The quantitative estimate of drug-likeness (QED) is 0.783. The molecule has 0 bridgehead atoms. The maximum absolute atomic E-state index is 13.5. The summed E-state index contributed by atoms with van der Waals surface area (Å²) in [4.78, 5) is 0. The van der Waals surface area contributed by atoms with Crippen LogP contribution in [0.25, 0.3) is 0 Å². The van der Waals surface area contributed by atoms with Gasteiger partial charge in [-0.15, -0.1) is 0 Å². The molecular weight excluding hydrogens is 189 g/mol. The molecule has 1 aromatic carbocycles. The molecule has 1 rings (SSSR count). The average molecular weight is 202 g/mol. The summed E-state index contributed by atoms with van der Waals surface area (Å²) < 4.78 is 13.5. The van der Waals surface area contributed by atoms with Crippen molar-refractivity contribution >= 4 is 11.6 Å². The van der Waals surface area contributed by atoms with Gasteiger partial charge in [-0.1, -0.05) is 18.5 Å². The molecule has 0 aromatic heterocycles. The molecule has 0 saturated heterocycles. The lowest BCUT2D eigenvalue weighted by Gasteiger charge is -2.12. The van der Waals surface area contributed by atoms with Crippen molar-refractivity contribution in [2.24, 2.45) is 5.73 Å². The Balaban J connectivity index is 3.20. The molecule has 3 heteroatoms. The summed E-state index contributed by atoms with van der Waals surface area (Å²) in [5.41, 5.74) is 6.64. The fraction of sp³-hybridized carbons (Fsp3) is 0.400. The van der Waals surface area contributed by atoms with Crippen molar-refractivity contribution < 1.29 is 4.39 Å². The second kappa shape index (κ2) is 4.07. The molecule has 0 aliphatic carbocycles. The molecule has 1 unspecified atom stereocenters. The van der Waals surface area contributed by atoms with Gasteiger partial charge in [0, 0.05) is 5.02 Å². The Morgan fingerprint density at radius 2 is 2.15 bits per heavy atom. The van der Waals surface area contributed by atoms with Gasteiger partial charge in [-0.2, -0.15) is 0 Å². The fourth-order valence-corrected chi connectivity index (χ4v) is 1.52. The number of aryl methyl sites for hydroxylation is 1. The summed E-state index contributed by atoms with van der Waals surface area (Å²) >= 11 is 5.82. The van der Waals surface area contributed by atoms with Gasteiger partial charge in [0.15, 0.2) is 0 Å². The topological polar surface area (TPSA) is 26.0 Å². The third-order valence-corrected chi connectivity index (χ3v) is 2.35. The van der Waals surface area contributed by atoms with Crippen LogP contribution in [-0.2, 0) is 0 Å². The highest BCUT2D eigenvalue weighted by Gasteiger charge is 2.12. The van der Waals surface area contributed by atoms with Crippen molar-refractivity contribution in [3.8, 4) is 0 Å². The van der Waals surface area contributed by atoms with Gasteiger partial charge in [-0.05, 0) is 42.6 Å². The van der Waals surface area contributed by atoms with Gasteiger partial charge < -0.3 is 5.73 Å². The highest BCUT2D eigenvalue weighted by molar-refractivity contribution is 6.30. The van der Waals surface area contributed by atoms with Crippen LogP contribution in [0.5, 0.6) is 0 Å². The van der Waals surface area contributed by atoms with Crippen LogP contribution in [-0.4, -0.2) is 6.54 Å². The molecule has 0 radical (unpaired) electrons. The number of rotatable bonds is 2. The van der Waals surface area contributed by atoms with Gasteiger partial charge in [0.25, 0.3) is 0 Å². The van der Waals surface area contributed by atoms with Crippen LogP contribution in [0, 0.1) is 12.7 Å². The average Bonchev–Trinajstić information content (AvgIpc) is 2.10. The predicted molar refractivity (Wildman–Crippen MR) is 53.6 cm³/mol. The molecule has 72 valence electrons. The molecule has 2 N–H and O–H groups in total. The van der Waals surface area contributed by atoms with Crippen LogP contribution in [0.3, 0.4) is 0 Å². The molecule has 0 amide bonds. The smallest absolute Gasteiger partial charge is 0.129 e. The van der Waals surface area contributed by atoms with E-state index in [1.165, 1.54) is 0 Å². The van der Waals surface area contributed by atoms with Crippen molar-refractivity contribution in [3.63, 3.8) is 0 Å². The number of halogens is 2. The summed E-state index contributed by atoms with van der Waals surface area (Å²) in [5.74, 6) is -0.181. The summed E-state index contributed by atoms with van der Waals surface area (Å²) in [7, 11) is 0. The van der Waals surface area contributed by atoms with Crippen molar-refractivity contribution in [2.45, 2.75) is 19.8 Å². The Morgan fingerprint density at radius 3 is 2.69 bits per heavy atom. The van der Waals surface area contributed by atoms with Crippen LogP contribution in [0.1, 0.15) is 24.0 Å². The van der Waals surface area contributed by atoms with Crippen LogP contribution in [0.2, 0.25) is 5.02 Å². The minimum atomic E-state index is -0.192. The normalized spacial score (nSPS) is 13.0. The molecule has 1 atom stereocenters. The number of hydrogen-bond donors (Lipinski definition) is 1. The standard InChI is InChI=1S/C10H13ClFN/c1-6-3-8(11)4-9(10(6)12)7(2)5-13/h3-4,7H,5,13H2,1-2H3. The first-order valence-corrected chi connectivity index (χ1v) is 4.59. The van der Waals surface area contributed by atoms with E-state index in [2.05, 4.69) is 0 Å². The first-order valence-electron chi connectivity index (χ1n) is 4.22. The molecule has 13 heavy (non-hydrogen) atoms. The number of nitrogens with two attached hydrogens (primary N) is 1. The Labute approximate surface area is 82.7 Å². The third-order valence-electron chi connectivity index (χ3n) is 2.13. The summed E-state index contributed by atoms with van der Waals surface area (Å²) in [6.45, 7) is 4.01. The summed E-state index contributed by atoms with van der Waals surface area (Å²) in [6.07, 6.45) is 0. The number of hydrogen-bond acceptors (Lipinski definition) is 1. The predicted octanol–water partition coefficient (Wildman–Crippen LogP) is 2.85. The minimum absolute atomic E-state index is 0.0115. The van der Waals surface area contributed by atoms with Gasteiger partial charge in [0.1, 0.15) is 5.82 Å². The first-order chi connectivity index (χ1) is 6.06. The van der Waals surface area contributed by atoms with Crippen LogP contribution in [0.4, 0.5) is 4.39 Å². The maximum atomic E-state index is 13.5. The highest BCUT2D eigenvalue weighted by Crippen LogP contribution is 2.24. The van der Waals surface area contributed by atoms with Crippen molar-refractivity contribution in [1.29, 1.82) is 0 Å². The van der Waals surface area contributed by atoms with Crippen LogP contribution in [0.15, 0.2) is 12.1 Å². The second-order valence-electron chi connectivity index (χ2n) is 3.26. The van der Waals surface area contributed by atoms with E-state index < -0.39 is 0 Å². The largest absolute Gasteiger partial charge is 0.330 e. The lowest BCUT2D eigenvalue weighted by Crippen LogP contribution is -2.11. The van der Waals surface area contributed by atoms with Crippen molar-refractivity contribution in [1.82, 2.24) is 0 Å². The molecule has 0 aliphatic rings. The summed E-state index contributed by atoms with van der Waals surface area (Å²) in [6, 6.07) is 3.26. The zero-order valence-corrected chi connectivity index (χ0v) is 8.53. The molecule has 1 nitrogen and oxygen atoms in total. The van der Waals surface area contributed by atoms with Crippen LogP contribution >= 0.6 is 11.6 Å². The molecule has 1 aromatic rings. The first kappa shape index (κ1) is 10.5. The van der Waals surface area contributed by atoms with E-state index in [-0.39, 0.29) is 11.7 Å². The Kier molecular flexibility index (Phi) is 3.28. The Morgan fingerprint density at radius 1 is 1.54 bits per heavy atom. The molecule has 0 spiro atoms. The van der Waals surface area contributed by atoms with Gasteiger partial charge in [-0.25, -0.2) is 4.39 Å². The van der Waals surface area contributed by atoms with E-state index in [1.807, 2.05) is 6.92 Å². The Hall–Kier alpha value is -0.600. The second-order valence-corrected chi connectivity index (χ2v) is 3.70. The highest BCUT2D eigenvalue weighted by atomic mass is 35.5. The zero-order chi connectivity index (χ0) is 10.0. The fourth-order valence-electron chi connectivity index (χ4n) is 1.24. The van der Waals surface area contributed by atoms with E-state index in [0.29, 0.717) is 22.7 Å². The van der Waals surface area contributed by atoms with Gasteiger partial charge >= 0.3 is 0 Å². The van der Waals surface area contributed by atoms with E-state index >= 15 is 0 Å². The molecular formula is C10H13ClFN. The van der Waals surface area contributed by atoms with E-state index in [0.717, 1.165) is 0 Å². The van der Waals surface area contributed by atoms with Gasteiger partial charge in [-0.3, -0.25) is 0 Å². The monoisotopic (exact) mass is 201 g/mol. The minimum Gasteiger partial charge on any atom is -0.330 e. The van der Waals surface area contributed by atoms with Crippen LogP contribution < -0.4 is 5.73 Å². The van der Waals surface area contributed by atoms with Crippen molar-refractivity contribution in [2.75, 3.05) is 6.54 Å². The number of benzene rings is 1.